The summed E-state index contributed by atoms with van der Waals surface area (Å²) in [4.78, 5) is 8.44. The summed E-state index contributed by atoms with van der Waals surface area (Å²) in [5.74, 6) is 0. The van der Waals surface area contributed by atoms with Crippen LogP contribution in [-0.2, 0) is 10.8 Å². The average molecular weight is 770 g/mol. The summed E-state index contributed by atoms with van der Waals surface area (Å²) in [6.45, 7) is 17.3. The third kappa shape index (κ3) is 4.26. The van der Waals surface area contributed by atoms with Gasteiger partial charge in [0.1, 0.15) is 0 Å². The lowest BCUT2D eigenvalue weighted by atomic mass is 9.32. The van der Waals surface area contributed by atoms with Crippen molar-refractivity contribution >= 4 is 62.9 Å². The van der Waals surface area contributed by atoms with E-state index in [1.165, 1.54) is 128 Å². The summed E-state index contributed by atoms with van der Waals surface area (Å²) in [5.41, 5.74) is 23.7. The first-order valence-corrected chi connectivity index (χ1v) is 22.6. The number of aryl methyl sites for hydroxylation is 4. The molecule has 12 rings (SSSR count). The number of hydrogen-bond donors (Lipinski definition) is 0. The largest absolute Gasteiger partial charge is 0.335 e. The Morgan fingerprint density at radius 1 is 0.508 bits per heavy atom. The summed E-state index contributed by atoms with van der Waals surface area (Å²) in [6.07, 6.45) is 9.74. The molecular weight excluding hydrogens is 713 g/mol. The minimum absolute atomic E-state index is 0.0495. The maximum Gasteiger partial charge on any atom is 0.252 e. The average Bonchev–Trinajstić information content (AvgIpc) is 3.60. The van der Waals surface area contributed by atoms with E-state index in [4.69, 9.17) is 0 Å². The monoisotopic (exact) mass is 769 g/mol. The highest BCUT2D eigenvalue weighted by Gasteiger charge is 2.64. The highest BCUT2D eigenvalue weighted by atomic mass is 15.3. The lowest BCUT2D eigenvalue weighted by Gasteiger charge is -2.54. The quantitative estimate of drug-likeness (QED) is 0.166. The fraction of sp³-hybridized carbons (Fsp3) is 0.345. The Morgan fingerprint density at radius 2 is 1.22 bits per heavy atom. The van der Waals surface area contributed by atoms with Gasteiger partial charge < -0.3 is 14.7 Å². The predicted octanol–water partition coefficient (Wildman–Crippen LogP) is 12.0. The van der Waals surface area contributed by atoms with Crippen molar-refractivity contribution in [3.8, 4) is 0 Å². The molecular formula is C55H56BN3. The van der Waals surface area contributed by atoms with Gasteiger partial charge in [-0.1, -0.05) is 117 Å². The van der Waals surface area contributed by atoms with Crippen LogP contribution in [-0.4, -0.2) is 17.8 Å². The molecule has 0 saturated heterocycles. The molecule has 4 unspecified atom stereocenters. The molecule has 4 heteroatoms. The zero-order chi connectivity index (χ0) is 40.2. The number of fused-ring (bicyclic) bond motifs is 10. The van der Waals surface area contributed by atoms with Crippen LogP contribution in [0.2, 0.25) is 0 Å². The smallest absolute Gasteiger partial charge is 0.252 e. The van der Waals surface area contributed by atoms with Gasteiger partial charge in [0.25, 0.3) is 6.71 Å². The van der Waals surface area contributed by atoms with Crippen LogP contribution in [0.15, 0.2) is 115 Å². The minimum Gasteiger partial charge on any atom is -0.335 e. The van der Waals surface area contributed by atoms with Gasteiger partial charge in [-0.15, -0.1) is 0 Å². The lowest BCUT2D eigenvalue weighted by molar-refractivity contribution is 0.194. The molecule has 59 heavy (non-hydrogen) atoms. The van der Waals surface area contributed by atoms with Crippen LogP contribution >= 0.6 is 0 Å². The molecule has 0 amide bonds. The van der Waals surface area contributed by atoms with Crippen LogP contribution in [0.1, 0.15) is 111 Å². The van der Waals surface area contributed by atoms with Crippen LogP contribution < -0.4 is 31.1 Å². The molecule has 4 heterocycles. The van der Waals surface area contributed by atoms with Crippen LogP contribution in [0.4, 0.5) is 39.8 Å². The van der Waals surface area contributed by atoms with Crippen LogP contribution in [0.5, 0.6) is 0 Å². The summed E-state index contributed by atoms with van der Waals surface area (Å²) in [6, 6.07) is 45.4. The van der Waals surface area contributed by atoms with Gasteiger partial charge in [-0.05, 0) is 153 Å². The Labute approximate surface area is 352 Å². The van der Waals surface area contributed by atoms with Crippen molar-refractivity contribution in [3.63, 3.8) is 0 Å². The molecule has 2 saturated carbocycles. The van der Waals surface area contributed by atoms with Crippen molar-refractivity contribution in [3.05, 3.63) is 154 Å². The third-order valence-electron chi connectivity index (χ3n) is 17.0. The highest BCUT2D eigenvalue weighted by Crippen LogP contribution is 2.66. The molecule has 3 nitrogen and oxygen atoms in total. The summed E-state index contributed by atoms with van der Waals surface area (Å²) in [7, 11) is 0. The zero-order valence-corrected chi connectivity index (χ0v) is 36.0. The van der Waals surface area contributed by atoms with E-state index in [-0.39, 0.29) is 28.6 Å². The second-order valence-corrected chi connectivity index (χ2v) is 20.0. The van der Waals surface area contributed by atoms with Crippen molar-refractivity contribution < 1.29 is 0 Å². The van der Waals surface area contributed by atoms with Crippen LogP contribution in [0.25, 0.3) is 0 Å². The first-order chi connectivity index (χ1) is 28.5. The van der Waals surface area contributed by atoms with Crippen LogP contribution in [0.3, 0.4) is 0 Å². The molecule has 2 aliphatic carbocycles. The molecule has 4 aliphatic heterocycles. The Morgan fingerprint density at radius 3 is 2.03 bits per heavy atom. The fourth-order valence-electron chi connectivity index (χ4n) is 14.4. The minimum atomic E-state index is -0.160. The fourth-order valence-corrected chi connectivity index (χ4v) is 14.4. The molecule has 6 aromatic rings. The van der Waals surface area contributed by atoms with Crippen molar-refractivity contribution in [2.45, 2.75) is 122 Å². The maximum atomic E-state index is 2.94. The summed E-state index contributed by atoms with van der Waals surface area (Å²) in [5, 5.41) is 0. The third-order valence-corrected chi connectivity index (χ3v) is 17.0. The molecule has 6 aromatic carbocycles. The number of benzene rings is 6. The molecule has 0 N–H and O–H groups in total. The van der Waals surface area contributed by atoms with Crippen molar-refractivity contribution in [2.24, 2.45) is 0 Å². The van der Waals surface area contributed by atoms with Gasteiger partial charge in [0.2, 0.25) is 0 Å². The van der Waals surface area contributed by atoms with E-state index in [1.807, 2.05) is 0 Å². The Bertz CT molecular complexity index is 2770. The Kier molecular flexibility index (Phi) is 7.24. The van der Waals surface area contributed by atoms with E-state index in [0.717, 1.165) is 12.8 Å². The topological polar surface area (TPSA) is 9.72 Å². The first-order valence-electron chi connectivity index (χ1n) is 22.6. The molecule has 294 valence electrons. The number of anilines is 7. The van der Waals surface area contributed by atoms with E-state index < -0.39 is 0 Å². The van der Waals surface area contributed by atoms with E-state index in [9.17, 15) is 0 Å². The first kappa shape index (κ1) is 35.7. The van der Waals surface area contributed by atoms with Gasteiger partial charge in [-0.3, -0.25) is 0 Å². The number of nitrogens with zero attached hydrogens (tertiary/aromatic N) is 3. The highest BCUT2D eigenvalue weighted by molar-refractivity contribution is 7.00. The Balaban J connectivity index is 1.22. The second kappa shape index (κ2) is 12.0. The second-order valence-electron chi connectivity index (χ2n) is 20.0. The van der Waals surface area contributed by atoms with Crippen molar-refractivity contribution in [1.82, 2.24) is 0 Å². The number of rotatable bonds is 3. The molecule has 2 fully saturated rings. The molecule has 6 aliphatic rings. The van der Waals surface area contributed by atoms with E-state index >= 15 is 0 Å². The number of para-hydroxylation sites is 1. The predicted molar refractivity (Wildman–Crippen MR) is 250 cm³/mol. The maximum absolute atomic E-state index is 2.94. The SMILES string of the molecule is Cc1cccc(N2c3cc(C)ccc3B3c4c2cc(N2c5ccccc5C5(c6ccccc6)CCCCC25C)cc4N2c4c3c(C)cc(C)c4C3(C)CCCCC23C)c1. The summed E-state index contributed by atoms with van der Waals surface area (Å²) >= 11 is 0. The Hall–Kier alpha value is -5.22. The standard InChI is InChI=1S/C55H56BN3/c1-35-18-17-21-40(30-35)57-45-31-36(2)24-25-43(45)56-49-38(4)32-37(3)48-51(49)59(53(6)27-14-13-26-52(48,53)5)47-34-41(33-46(57)50(47)56)58-44-23-12-11-22-42(44)55(39-19-9-8-10-20-39)29-16-15-28-54(55,58)7/h8-12,17-25,30-34H,13-16,26-29H2,1-7H3. The van der Waals surface area contributed by atoms with Crippen LogP contribution in [0, 0.1) is 27.7 Å². The molecule has 0 spiro atoms. The van der Waals surface area contributed by atoms with Crippen molar-refractivity contribution in [2.75, 3.05) is 14.7 Å². The van der Waals surface area contributed by atoms with Gasteiger partial charge in [0, 0.05) is 50.6 Å². The molecule has 0 bridgehead atoms. The van der Waals surface area contributed by atoms with Gasteiger partial charge in [-0.2, -0.15) is 0 Å². The van der Waals surface area contributed by atoms with Gasteiger partial charge in [-0.25, -0.2) is 0 Å². The molecule has 0 radical (unpaired) electrons. The molecule has 4 atom stereocenters. The van der Waals surface area contributed by atoms with E-state index in [1.54, 1.807) is 5.56 Å². The molecule has 0 aromatic heterocycles. The lowest BCUT2D eigenvalue weighted by Crippen LogP contribution is -2.65. The normalized spacial score (nSPS) is 26.8. The van der Waals surface area contributed by atoms with E-state index in [2.05, 4.69) is 178 Å². The number of hydrogen-bond acceptors (Lipinski definition) is 3. The van der Waals surface area contributed by atoms with Crippen molar-refractivity contribution in [1.29, 1.82) is 0 Å². The van der Waals surface area contributed by atoms with Gasteiger partial charge >= 0.3 is 0 Å². The van der Waals surface area contributed by atoms with E-state index in [0.29, 0.717) is 0 Å². The van der Waals surface area contributed by atoms with Gasteiger partial charge in [0.05, 0.1) is 11.1 Å². The summed E-state index contributed by atoms with van der Waals surface area (Å²) < 4.78 is 0. The zero-order valence-electron chi connectivity index (χ0n) is 36.0. The van der Waals surface area contributed by atoms with Gasteiger partial charge in [0.15, 0.2) is 0 Å².